The molecule has 0 amide bonds. The van der Waals surface area contributed by atoms with E-state index in [2.05, 4.69) is 0 Å². The minimum atomic E-state index is -4.35. The number of hydrogen-bond acceptors (Lipinski definition) is 13. The SMILES string of the molecule is CCOP(=O)(OCC)C1=C(P(=O)(OCC)OCC)[C@H](P(=O)(OCC)OCC)[C@@H](P(=O)(OCC)OCC)S1. The summed E-state index contributed by atoms with van der Waals surface area (Å²) in [6.07, 6.45) is 0. The Bertz CT molecular complexity index is 902. The minimum absolute atomic E-state index is 0.0115. The van der Waals surface area contributed by atoms with Gasteiger partial charge in [-0.25, -0.2) is 0 Å². The Kier molecular flexibility index (Phi) is 15.7. The molecule has 37 heavy (non-hydrogen) atoms. The first kappa shape index (κ1) is 35.7. The first-order valence-electron chi connectivity index (χ1n) is 12.4. The monoisotopic (exact) mass is 630 g/mol. The highest BCUT2D eigenvalue weighted by Gasteiger charge is 2.64. The Morgan fingerprint density at radius 3 is 1.19 bits per heavy atom. The summed E-state index contributed by atoms with van der Waals surface area (Å²) in [5.41, 5.74) is -1.53. The summed E-state index contributed by atoms with van der Waals surface area (Å²) in [6.45, 7) is 12.6. The van der Waals surface area contributed by atoms with E-state index in [4.69, 9.17) is 36.2 Å². The second kappa shape index (κ2) is 16.2. The van der Waals surface area contributed by atoms with Crippen molar-refractivity contribution in [2.75, 3.05) is 52.9 Å². The molecule has 0 aromatic carbocycles. The van der Waals surface area contributed by atoms with Gasteiger partial charge in [0, 0.05) is 0 Å². The van der Waals surface area contributed by atoms with Crippen LogP contribution in [-0.2, 0) is 54.5 Å². The Morgan fingerprint density at radius 1 is 0.514 bits per heavy atom. The van der Waals surface area contributed by atoms with Crippen molar-refractivity contribution < 1.29 is 54.5 Å². The molecule has 0 aromatic rings. The Morgan fingerprint density at radius 2 is 0.838 bits per heavy atom. The molecule has 0 saturated carbocycles. The van der Waals surface area contributed by atoms with E-state index in [-0.39, 0.29) is 62.8 Å². The molecule has 1 heterocycles. The van der Waals surface area contributed by atoms with Crippen LogP contribution in [0.15, 0.2) is 9.96 Å². The highest BCUT2D eigenvalue weighted by molar-refractivity contribution is 8.15. The predicted octanol–water partition coefficient (Wildman–Crippen LogP) is 7.66. The van der Waals surface area contributed by atoms with Crippen LogP contribution in [0, 0.1) is 0 Å². The molecule has 0 N–H and O–H groups in total. The highest BCUT2D eigenvalue weighted by atomic mass is 32.2. The Balaban J connectivity index is 4.25. The molecule has 1 aliphatic rings. The molecule has 2 atom stereocenters. The summed E-state index contributed by atoms with van der Waals surface area (Å²) in [5.74, 6) is 0. The minimum Gasteiger partial charge on any atom is -0.308 e. The van der Waals surface area contributed by atoms with Crippen LogP contribution in [0.25, 0.3) is 0 Å². The van der Waals surface area contributed by atoms with E-state index in [1.807, 2.05) is 0 Å². The molecule has 220 valence electrons. The van der Waals surface area contributed by atoms with E-state index in [0.717, 1.165) is 11.8 Å². The van der Waals surface area contributed by atoms with Crippen molar-refractivity contribution in [2.24, 2.45) is 0 Å². The molecule has 0 saturated heterocycles. The number of thioether (sulfide) groups is 1. The zero-order valence-corrected chi connectivity index (χ0v) is 27.3. The zero-order chi connectivity index (χ0) is 28.3. The third-order valence-electron chi connectivity index (χ3n) is 4.63. The molecule has 1 rings (SSSR count). The van der Waals surface area contributed by atoms with Gasteiger partial charge in [-0.15, -0.1) is 0 Å². The van der Waals surface area contributed by atoms with Gasteiger partial charge in [0.1, 0.15) is 15.3 Å². The van der Waals surface area contributed by atoms with Crippen LogP contribution < -0.4 is 0 Å². The van der Waals surface area contributed by atoms with Crippen molar-refractivity contribution in [3.8, 4) is 0 Å². The maximum absolute atomic E-state index is 14.4. The quantitative estimate of drug-likeness (QED) is 0.122. The molecule has 12 nitrogen and oxygen atoms in total. The average molecular weight is 631 g/mol. The lowest BCUT2D eigenvalue weighted by molar-refractivity contribution is 0.201. The average Bonchev–Trinajstić information content (AvgIpc) is 3.25. The maximum atomic E-state index is 14.4. The lowest BCUT2D eigenvalue weighted by Crippen LogP contribution is -2.27. The Labute approximate surface area is 225 Å². The first-order chi connectivity index (χ1) is 17.5. The van der Waals surface area contributed by atoms with Crippen molar-refractivity contribution in [3.63, 3.8) is 0 Å². The van der Waals surface area contributed by atoms with Crippen LogP contribution in [0.2, 0.25) is 0 Å². The molecule has 0 unspecified atom stereocenters. The number of rotatable bonds is 20. The van der Waals surface area contributed by atoms with Gasteiger partial charge in [-0.05, 0) is 55.4 Å². The van der Waals surface area contributed by atoms with Crippen LogP contribution in [0.5, 0.6) is 0 Å². The lowest BCUT2D eigenvalue weighted by Gasteiger charge is -2.33. The van der Waals surface area contributed by atoms with E-state index < -0.39 is 41.0 Å². The molecule has 0 spiro atoms. The van der Waals surface area contributed by atoms with Crippen LogP contribution in [0.4, 0.5) is 0 Å². The molecule has 17 heteroatoms. The summed E-state index contributed by atoms with van der Waals surface area (Å²) >= 11 is 0.747. The molecular formula is C20H42O12P4S. The fourth-order valence-corrected chi connectivity index (χ4v) is 17.7. The van der Waals surface area contributed by atoms with E-state index in [9.17, 15) is 18.3 Å². The molecule has 1 aliphatic heterocycles. The van der Waals surface area contributed by atoms with Gasteiger partial charge in [0.05, 0.1) is 58.2 Å². The van der Waals surface area contributed by atoms with Gasteiger partial charge in [0.2, 0.25) is 0 Å². The van der Waals surface area contributed by atoms with Crippen molar-refractivity contribution in [3.05, 3.63) is 9.96 Å². The van der Waals surface area contributed by atoms with Crippen molar-refractivity contribution >= 4 is 42.1 Å². The van der Waals surface area contributed by atoms with Gasteiger partial charge in [0.15, 0.2) is 0 Å². The summed E-state index contributed by atoms with van der Waals surface area (Å²) in [7, 11) is -17.0. The molecule has 0 fully saturated rings. The third kappa shape index (κ3) is 8.36. The molecule has 0 radical (unpaired) electrons. The van der Waals surface area contributed by atoms with Gasteiger partial charge >= 0.3 is 30.4 Å². The second-order valence-corrected chi connectivity index (χ2v) is 17.1. The molecule has 0 aliphatic carbocycles. The normalized spacial score (nSPS) is 19.7. The summed E-state index contributed by atoms with van der Waals surface area (Å²) < 4.78 is 102. The fourth-order valence-electron chi connectivity index (χ4n) is 3.64. The second-order valence-electron chi connectivity index (χ2n) is 7.06. The largest absolute Gasteiger partial charge is 0.368 e. The molecular weight excluding hydrogens is 588 g/mol. The zero-order valence-electron chi connectivity index (χ0n) is 22.9. The highest BCUT2D eigenvalue weighted by Crippen LogP contribution is 2.83. The standard InChI is InChI=1S/C20H42O12P4S/c1-9-25-33(21,26-10-2)17-18(34(22,27-11-3)28-12-4)20(36(24,31-15-7)32-16-8)37-19(17)35(23,29-13-5)30-14-6/h17,19H,9-16H2,1-8H3/t17-,19-/m0/s1. The van der Waals surface area contributed by atoms with Crippen LogP contribution in [0.3, 0.4) is 0 Å². The van der Waals surface area contributed by atoms with Crippen LogP contribution >= 0.6 is 42.1 Å². The van der Waals surface area contributed by atoms with Gasteiger partial charge < -0.3 is 36.2 Å². The molecule has 0 aromatic heterocycles. The first-order valence-corrected chi connectivity index (χ1v) is 19.6. The van der Waals surface area contributed by atoms with Crippen LogP contribution in [0.1, 0.15) is 55.4 Å². The van der Waals surface area contributed by atoms with Gasteiger partial charge in [-0.1, -0.05) is 11.8 Å². The van der Waals surface area contributed by atoms with E-state index in [1.165, 1.54) is 0 Å². The summed E-state index contributed by atoms with van der Waals surface area (Å²) in [5, 5.41) is -0.277. The van der Waals surface area contributed by atoms with E-state index >= 15 is 0 Å². The lowest BCUT2D eigenvalue weighted by atomic mass is 10.4. The van der Waals surface area contributed by atoms with E-state index in [0.29, 0.717) is 0 Å². The smallest absolute Gasteiger partial charge is 0.308 e. The van der Waals surface area contributed by atoms with Gasteiger partial charge in [-0.3, -0.25) is 18.3 Å². The molecule has 0 bridgehead atoms. The predicted molar refractivity (Wildman–Crippen MR) is 146 cm³/mol. The number of allylic oxidation sites excluding steroid dienone is 1. The van der Waals surface area contributed by atoms with E-state index in [1.54, 1.807) is 55.4 Å². The van der Waals surface area contributed by atoms with Crippen LogP contribution in [-0.4, -0.2) is 63.5 Å². The fraction of sp³-hybridized carbons (Fsp3) is 0.900. The summed E-state index contributed by atoms with van der Waals surface area (Å²) in [4.78, 5) is -1.34. The summed E-state index contributed by atoms with van der Waals surface area (Å²) in [6, 6.07) is 0. The van der Waals surface area contributed by atoms with Crippen molar-refractivity contribution in [2.45, 2.75) is 66.0 Å². The van der Waals surface area contributed by atoms with Crippen molar-refractivity contribution in [1.82, 2.24) is 0 Å². The van der Waals surface area contributed by atoms with Crippen molar-refractivity contribution in [1.29, 1.82) is 0 Å². The van der Waals surface area contributed by atoms with Gasteiger partial charge in [-0.2, -0.15) is 0 Å². The van der Waals surface area contributed by atoms with Gasteiger partial charge in [0.25, 0.3) is 0 Å². The third-order valence-corrected chi connectivity index (χ3v) is 17.5. The maximum Gasteiger partial charge on any atom is 0.368 e. The Hall–Kier alpha value is 0.690. The topological polar surface area (TPSA) is 142 Å². The number of hydrogen-bond donors (Lipinski definition) is 0.